The zero-order valence-electron chi connectivity index (χ0n) is 10.2. The third-order valence-electron chi connectivity index (χ3n) is 3.43. The Morgan fingerprint density at radius 1 is 1.28 bits per heavy atom. The van der Waals surface area contributed by atoms with E-state index in [1.807, 2.05) is 12.1 Å². The first-order chi connectivity index (χ1) is 8.79. The maximum atomic E-state index is 11.4. The van der Waals surface area contributed by atoms with E-state index < -0.39 is 0 Å². The van der Waals surface area contributed by atoms with Crippen LogP contribution in [-0.4, -0.2) is 13.1 Å². The zero-order chi connectivity index (χ0) is 12.5. The van der Waals surface area contributed by atoms with E-state index in [1.54, 1.807) is 6.26 Å². The van der Waals surface area contributed by atoms with Crippen LogP contribution >= 0.6 is 0 Å². The summed E-state index contributed by atoms with van der Waals surface area (Å²) >= 11 is 0. The SMILES string of the molecule is COC(=O)Cc1occ2c1-c1ccccc1CC2. The van der Waals surface area contributed by atoms with Crippen LogP contribution in [0.4, 0.5) is 0 Å². The van der Waals surface area contributed by atoms with Gasteiger partial charge in [-0.05, 0) is 29.5 Å². The molecule has 1 aliphatic carbocycles. The van der Waals surface area contributed by atoms with Crippen molar-refractivity contribution in [2.75, 3.05) is 7.11 Å². The summed E-state index contributed by atoms with van der Waals surface area (Å²) in [6.45, 7) is 0. The Morgan fingerprint density at radius 3 is 2.89 bits per heavy atom. The van der Waals surface area contributed by atoms with Crippen LogP contribution in [0.5, 0.6) is 0 Å². The number of methoxy groups -OCH3 is 1. The molecule has 0 fully saturated rings. The van der Waals surface area contributed by atoms with Gasteiger partial charge in [0.25, 0.3) is 0 Å². The minimum atomic E-state index is -0.268. The average Bonchev–Trinajstić information content (AvgIpc) is 2.82. The summed E-state index contributed by atoms with van der Waals surface area (Å²) in [6.07, 6.45) is 3.96. The number of hydrogen-bond donors (Lipinski definition) is 0. The van der Waals surface area contributed by atoms with Crippen LogP contribution in [0.15, 0.2) is 34.9 Å². The van der Waals surface area contributed by atoms with E-state index in [2.05, 4.69) is 12.1 Å². The Balaban J connectivity index is 2.08. The first-order valence-corrected chi connectivity index (χ1v) is 6.04. The van der Waals surface area contributed by atoms with Crippen LogP contribution in [0.25, 0.3) is 11.1 Å². The number of rotatable bonds is 2. The molecule has 0 unspecified atom stereocenters. The standard InChI is InChI=1S/C15H14O3/c1-17-14(16)8-13-15-11(9-18-13)7-6-10-4-2-3-5-12(10)15/h2-5,9H,6-8H2,1H3. The van der Waals surface area contributed by atoms with Gasteiger partial charge in [0.15, 0.2) is 0 Å². The molecule has 1 aromatic heterocycles. The summed E-state index contributed by atoms with van der Waals surface area (Å²) in [7, 11) is 1.39. The molecule has 0 N–H and O–H groups in total. The molecular formula is C15H14O3. The highest BCUT2D eigenvalue weighted by molar-refractivity contribution is 5.80. The highest BCUT2D eigenvalue weighted by Gasteiger charge is 2.23. The zero-order valence-corrected chi connectivity index (χ0v) is 10.2. The highest BCUT2D eigenvalue weighted by atomic mass is 16.5. The first kappa shape index (κ1) is 11.1. The molecule has 3 rings (SSSR count). The first-order valence-electron chi connectivity index (χ1n) is 6.04. The smallest absolute Gasteiger partial charge is 0.313 e. The fourth-order valence-corrected chi connectivity index (χ4v) is 2.53. The average molecular weight is 242 g/mol. The van der Waals surface area contributed by atoms with Crippen LogP contribution in [0.2, 0.25) is 0 Å². The van der Waals surface area contributed by atoms with Crippen molar-refractivity contribution in [3.8, 4) is 11.1 Å². The van der Waals surface area contributed by atoms with Crippen molar-refractivity contribution >= 4 is 5.97 Å². The summed E-state index contributed by atoms with van der Waals surface area (Å²) in [4.78, 5) is 11.4. The second-order valence-electron chi connectivity index (χ2n) is 4.47. The van der Waals surface area contributed by atoms with E-state index in [0.717, 1.165) is 18.4 Å². The second kappa shape index (κ2) is 4.33. The molecule has 18 heavy (non-hydrogen) atoms. The van der Waals surface area contributed by atoms with Gasteiger partial charge in [0.05, 0.1) is 13.4 Å². The number of furan rings is 1. The minimum Gasteiger partial charge on any atom is -0.469 e. The number of carbonyl (C=O) groups is 1. The lowest BCUT2D eigenvalue weighted by molar-refractivity contribution is -0.140. The monoisotopic (exact) mass is 242 g/mol. The maximum Gasteiger partial charge on any atom is 0.313 e. The van der Waals surface area contributed by atoms with Crippen molar-refractivity contribution < 1.29 is 13.9 Å². The van der Waals surface area contributed by atoms with Crippen molar-refractivity contribution in [3.05, 3.63) is 47.4 Å². The van der Waals surface area contributed by atoms with E-state index in [0.29, 0.717) is 5.76 Å². The van der Waals surface area contributed by atoms with Crippen molar-refractivity contribution in [3.63, 3.8) is 0 Å². The Bertz CT molecular complexity index is 596. The van der Waals surface area contributed by atoms with E-state index in [-0.39, 0.29) is 12.4 Å². The third kappa shape index (κ3) is 1.72. The number of benzene rings is 1. The lowest BCUT2D eigenvalue weighted by atomic mass is 9.86. The van der Waals surface area contributed by atoms with Gasteiger partial charge in [-0.3, -0.25) is 4.79 Å². The molecule has 1 aromatic carbocycles. The third-order valence-corrected chi connectivity index (χ3v) is 3.43. The van der Waals surface area contributed by atoms with Gasteiger partial charge in [-0.15, -0.1) is 0 Å². The molecule has 0 bridgehead atoms. The predicted octanol–water partition coefficient (Wildman–Crippen LogP) is 2.76. The summed E-state index contributed by atoms with van der Waals surface area (Å²) < 4.78 is 10.2. The van der Waals surface area contributed by atoms with Gasteiger partial charge < -0.3 is 9.15 Å². The van der Waals surface area contributed by atoms with Crippen molar-refractivity contribution in [2.45, 2.75) is 19.3 Å². The molecule has 0 amide bonds. The lowest BCUT2D eigenvalue weighted by Gasteiger charge is -2.16. The summed E-state index contributed by atoms with van der Waals surface area (Å²) in [5.41, 5.74) is 4.78. The van der Waals surface area contributed by atoms with E-state index in [9.17, 15) is 4.79 Å². The van der Waals surface area contributed by atoms with Gasteiger partial charge in [0.1, 0.15) is 12.2 Å². The Hall–Kier alpha value is -2.03. The highest BCUT2D eigenvalue weighted by Crippen LogP contribution is 2.37. The number of aryl methyl sites for hydroxylation is 2. The van der Waals surface area contributed by atoms with Crippen molar-refractivity contribution in [1.82, 2.24) is 0 Å². The summed E-state index contributed by atoms with van der Waals surface area (Å²) in [5.74, 6) is 0.444. The minimum absolute atomic E-state index is 0.195. The van der Waals surface area contributed by atoms with Gasteiger partial charge in [-0.25, -0.2) is 0 Å². The van der Waals surface area contributed by atoms with Crippen LogP contribution in [0.1, 0.15) is 16.9 Å². The van der Waals surface area contributed by atoms with E-state index in [1.165, 1.54) is 23.8 Å². The number of hydrogen-bond acceptors (Lipinski definition) is 3. The fourth-order valence-electron chi connectivity index (χ4n) is 2.53. The Labute approximate surface area is 105 Å². The topological polar surface area (TPSA) is 39.4 Å². The molecular weight excluding hydrogens is 228 g/mol. The van der Waals surface area contributed by atoms with Crippen LogP contribution in [0, 0.1) is 0 Å². The molecule has 1 heterocycles. The number of fused-ring (bicyclic) bond motifs is 3. The van der Waals surface area contributed by atoms with Gasteiger partial charge in [0, 0.05) is 5.56 Å². The van der Waals surface area contributed by atoms with Gasteiger partial charge in [-0.1, -0.05) is 24.3 Å². The van der Waals surface area contributed by atoms with Crippen LogP contribution in [0.3, 0.4) is 0 Å². The molecule has 2 aromatic rings. The molecule has 3 nitrogen and oxygen atoms in total. The lowest BCUT2D eigenvalue weighted by Crippen LogP contribution is -2.07. The van der Waals surface area contributed by atoms with Crippen LogP contribution < -0.4 is 0 Å². The number of ether oxygens (including phenoxy) is 1. The predicted molar refractivity (Wildman–Crippen MR) is 67.3 cm³/mol. The second-order valence-corrected chi connectivity index (χ2v) is 4.47. The van der Waals surface area contributed by atoms with Crippen molar-refractivity contribution in [1.29, 1.82) is 0 Å². The quantitative estimate of drug-likeness (QED) is 0.760. The molecule has 1 aliphatic rings. The largest absolute Gasteiger partial charge is 0.469 e. The molecule has 0 spiro atoms. The summed E-state index contributed by atoms with van der Waals surface area (Å²) in [6, 6.07) is 8.28. The molecule has 0 atom stereocenters. The van der Waals surface area contributed by atoms with Crippen molar-refractivity contribution in [2.24, 2.45) is 0 Å². The number of esters is 1. The van der Waals surface area contributed by atoms with Gasteiger partial charge in [-0.2, -0.15) is 0 Å². The van der Waals surface area contributed by atoms with E-state index in [4.69, 9.17) is 9.15 Å². The molecule has 0 radical (unpaired) electrons. The molecule has 0 aliphatic heterocycles. The number of carbonyl (C=O) groups excluding carboxylic acids is 1. The molecule has 0 saturated carbocycles. The fraction of sp³-hybridized carbons (Fsp3) is 0.267. The summed E-state index contributed by atoms with van der Waals surface area (Å²) in [5, 5.41) is 0. The Kier molecular flexibility index (Phi) is 2.67. The van der Waals surface area contributed by atoms with Gasteiger partial charge in [0.2, 0.25) is 0 Å². The molecule has 3 heteroatoms. The molecule has 0 saturated heterocycles. The normalized spacial score (nSPS) is 12.7. The van der Waals surface area contributed by atoms with Crippen LogP contribution in [-0.2, 0) is 28.8 Å². The maximum absolute atomic E-state index is 11.4. The van der Waals surface area contributed by atoms with Gasteiger partial charge >= 0.3 is 5.97 Å². The molecule has 92 valence electrons. The Morgan fingerprint density at radius 2 is 2.06 bits per heavy atom. The van der Waals surface area contributed by atoms with E-state index >= 15 is 0 Å².